The number of ether oxygens (including phenoxy) is 1. The maximum absolute atomic E-state index is 12.1. The van der Waals surface area contributed by atoms with Crippen LogP contribution in [0.1, 0.15) is 5.56 Å². The number of alkyl halides is 3. The van der Waals surface area contributed by atoms with Crippen LogP contribution in [0.2, 0.25) is 0 Å². The van der Waals surface area contributed by atoms with Crippen LogP contribution in [0.4, 0.5) is 13.2 Å². The largest absolute Gasteiger partial charge is 0.492 e. The lowest BCUT2D eigenvalue weighted by molar-refractivity contribution is -0.143. The number of hydrogen-bond acceptors (Lipinski definition) is 3. The molecule has 0 heterocycles. The second-order valence-corrected chi connectivity index (χ2v) is 4.05. The zero-order valence-electron chi connectivity index (χ0n) is 10.2. The van der Waals surface area contributed by atoms with Crippen LogP contribution in [-0.2, 0) is 6.54 Å². The van der Waals surface area contributed by atoms with E-state index in [1.807, 2.05) is 6.07 Å². The molecule has 0 saturated heterocycles. The van der Waals surface area contributed by atoms with Crippen molar-refractivity contribution in [3.63, 3.8) is 0 Å². The summed E-state index contributed by atoms with van der Waals surface area (Å²) in [6.07, 6.45) is -4.17. The summed E-state index contributed by atoms with van der Waals surface area (Å²) >= 11 is 0. The van der Waals surface area contributed by atoms with Gasteiger partial charge in [0.25, 0.3) is 0 Å². The number of halogens is 3. The number of hydrogen-bond donors (Lipinski definition) is 1. The van der Waals surface area contributed by atoms with Crippen LogP contribution < -0.4 is 10.5 Å². The van der Waals surface area contributed by atoms with Crippen LogP contribution in [0.3, 0.4) is 0 Å². The van der Waals surface area contributed by atoms with Crippen molar-refractivity contribution in [3.8, 4) is 5.75 Å². The SMILES string of the molecule is CN(CCOc1cccc(CN)c1)CC(F)(F)F. The van der Waals surface area contributed by atoms with Crippen LogP contribution in [0, 0.1) is 0 Å². The first-order valence-corrected chi connectivity index (χ1v) is 5.58. The summed E-state index contributed by atoms with van der Waals surface area (Å²) in [5, 5.41) is 0. The number of rotatable bonds is 6. The van der Waals surface area contributed by atoms with Crippen LogP contribution in [-0.4, -0.2) is 37.8 Å². The molecule has 0 atom stereocenters. The Morgan fingerprint density at radius 3 is 2.67 bits per heavy atom. The molecular formula is C12H17F3N2O. The Balaban J connectivity index is 2.32. The van der Waals surface area contributed by atoms with Crippen LogP contribution >= 0.6 is 0 Å². The van der Waals surface area contributed by atoms with E-state index in [2.05, 4.69) is 0 Å². The second-order valence-electron chi connectivity index (χ2n) is 4.05. The van der Waals surface area contributed by atoms with Gasteiger partial charge in [0.1, 0.15) is 12.4 Å². The summed E-state index contributed by atoms with van der Waals surface area (Å²) in [5.74, 6) is 0.623. The van der Waals surface area contributed by atoms with Gasteiger partial charge < -0.3 is 10.5 Å². The van der Waals surface area contributed by atoms with Crippen LogP contribution in [0.25, 0.3) is 0 Å². The number of benzene rings is 1. The number of nitrogens with zero attached hydrogens (tertiary/aromatic N) is 1. The normalized spacial score (nSPS) is 11.9. The van der Waals surface area contributed by atoms with E-state index in [0.717, 1.165) is 5.56 Å². The molecule has 1 aromatic rings. The number of nitrogens with two attached hydrogens (primary N) is 1. The third-order valence-electron chi connectivity index (χ3n) is 2.33. The molecule has 0 aliphatic rings. The zero-order valence-corrected chi connectivity index (χ0v) is 10.2. The minimum atomic E-state index is -4.17. The highest BCUT2D eigenvalue weighted by Gasteiger charge is 2.28. The predicted octanol–water partition coefficient (Wildman–Crippen LogP) is 2.02. The molecular weight excluding hydrogens is 245 g/mol. The van der Waals surface area contributed by atoms with Crippen molar-refractivity contribution in [1.82, 2.24) is 4.90 Å². The topological polar surface area (TPSA) is 38.5 Å². The molecule has 102 valence electrons. The van der Waals surface area contributed by atoms with Crippen molar-refractivity contribution in [1.29, 1.82) is 0 Å². The molecule has 0 fully saturated rings. The van der Waals surface area contributed by atoms with Gasteiger partial charge in [-0.15, -0.1) is 0 Å². The number of likely N-dealkylation sites (N-methyl/N-ethyl adjacent to an activating group) is 1. The molecule has 0 bridgehead atoms. The maximum atomic E-state index is 12.1. The fourth-order valence-corrected chi connectivity index (χ4v) is 1.47. The molecule has 0 amide bonds. The van der Waals surface area contributed by atoms with Crippen LogP contribution in [0.5, 0.6) is 5.75 Å². The molecule has 0 aliphatic heterocycles. The molecule has 0 saturated carbocycles. The summed E-state index contributed by atoms with van der Waals surface area (Å²) in [6, 6.07) is 7.20. The molecule has 18 heavy (non-hydrogen) atoms. The van der Waals surface area contributed by atoms with Gasteiger partial charge in [0, 0.05) is 13.1 Å². The summed E-state index contributed by atoms with van der Waals surface area (Å²) in [5.41, 5.74) is 6.40. The molecule has 6 heteroatoms. The van der Waals surface area contributed by atoms with Gasteiger partial charge in [0.05, 0.1) is 6.54 Å². The highest BCUT2D eigenvalue weighted by atomic mass is 19.4. The van der Waals surface area contributed by atoms with E-state index in [1.54, 1.807) is 18.2 Å². The highest BCUT2D eigenvalue weighted by Crippen LogP contribution is 2.16. The van der Waals surface area contributed by atoms with E-state index in [0.29, 0.717) is 12.3 Å². The van der Waals surface area contributed by atoms with Gasteiger partial charge in [-0.05, 0) is 24.7 Å². The molecule has 0 radical (unpaired) electrons. The van der Waals surface area contributed by atoms with Gasteiger partial charge in [-0.1, -0.05) is 12.1 Å². The molecule has 0 aliphatic carbocycles. The fourth-order valence-electron chi connectivity index (χ4n) is 1.47. The Morgan fingerprint density at radius 2 is 2.06 bits per heavy atom. The summed E-state index contributed by atoms with van der Waals surface area (Å²) < 4.78 is 41.5. The first-order chi connectivity index (χ1) is 8.40. The average molecular weight is 262 g/mol. The van der Waals surface area contributed by atoms with Crippen molar-refractivity contribution in [3.05, 3.63) is 29.8 Å². The van der Waals surface area contributed by atoms with Gasteiger partial charge in [-0.25, -0.2) is 0 Å². The fraction of sp³-hybridized carbons (Fsp3) is 0.500. The predicted molar refractivity (Wildman–Crippen MR) is 63.4 cm³/mol. The summed E-state index contributed by atoms with van der Waals surface area (Å²) in [4.78, 5) is 1.17. The first-order valence-electron chi connectivity index (χ1n) is 5.58. The van der Waals surface area contributed by atoms with E-state index in [-0.39, 0.29) is 13.2 Å². The maximum Gasteiger partial charge on any atom is 0.401 e. The summed E-state index contributed by atoms with van der Waals surface area (Å²) in [7, 11) is 1.41. The average Bonchev–Trinajstić information content (AvgIpc) is 2.27. The van der Waals surface area contributed by atoms with Crippen LogP contribution in [0.15, 0.2) is 24.3 Å². The van der Waals surface area contributed by atoms with Gasteiger partial charge in [-0.3, -0.25) is 4.90 Å². The monoisotopic (exact) mass is 262 g/mol. The molecule has 0 unspecified atom stereocenters. The zero-order chi connectivity index (χ0) is 13.6. The van der Waals surface area contributed by atoms with E-state index in [1.165, 1.54) is 11.9 Å². The third-order valence-corrected chi connectivity index (χ3v) is 2.33. The highest BCUT2D eigenvalue weighted by molar-refractivity contribution is 5.28. The Kier molecular flexibility index (Phi) is 5.43. The Morgan fingerprint density at radius 1 is 1.33 bits per heavy atom. The molecule has 1 aromatic carbocycles. The van der Waals surface area contributed by atoms with E-state index < -0.39 is 12.7 Å². The Hall–Kier alpha value is -1.27. The van der Waals surface area contributed by atoms with Crippen molar-refractivity contribution in [2.24, 2.45) is 5.73 Å². The van der Waals surface area contributed by atoms with Crippen molar-refractivity contribution < 1.29 is 17.9 Å². The smallest absolute Gasteiger partial charge is 0.401 e. The van der Waals surface area contributed by atoms with Crippen molar-refractivity contribution in [2.45, 2.75) is 12.7 Å². The molecule has 2 N–H and O–H groups in total. The molecule has 0 spiro atoms. The Labute approximate surface area is 104 Å². The van der Waals surface area contributed by atoms with Gasteiger partial charge in [0.2, 0.25) is 0 Å². The standard InChI is InChI=1S/C12H17F3N2O/c1-17(9-12(13,14)15)5-6-18-11-4-2-3-10(7-11)8-16/h2-4,7H,5-6,8-9,16H2,1H3. The minimum Gasteiger partial charge on any atom is -0.492 e. The van der Waals surface area contributed by atoms with Gasteiger partial charge in [0.15, 0.2) is 0 Å². The van der Waals surface area contributed by atoms with Gasteiger partial charge in [-0.2, -0.15) is 13.2 Å². The first kappa shape index (κ1) is 14.8. The van der Waals surface area contributed by atoms with E-state index >= 15 is 0 Å². The molecule has 1 rings (SSSR count). The molecule has 3 nitrogen and oxygen atoms in total. The lowest BCUT2D eigenvalue weighted by Gasteiger charge is -2.18. The van der Waals surface area contributed by atoms with E-state index in [9.17, 15) is 13.2 Å². The third kappa shape index (κ3) is 5.88. The lowest BCUT2D eigenvalue weighted by Crippen LogP contribution is -2.33. The summed E-state index contributed by atoms with van der Waals surface area (Å²) in [6.45, 7) is -0.0999. The minimum absolute atomic E-state index is 0.209. The van der Waals surface area contributed by atoms with Crippen molar-refractivity contribution >= 4 is 0 Å². The molecule has 0 aromatic heterocycles. The van der Waals surface area contributed by atoms with Crippen molar-refractivity contribution in [2.75, 3.05) is 26.7 Å². The quantitative estimate of drug-likeness (QED) is 0.852. The van der Waals surface area contributed by atoms with E-state index in [4.69, 9.17) is 10.5 Å². The second kappa shape index (κ2) is 6.61. The lowest BCUT2D eigenvalue weighted by atomic mass is 10.2. The Bertz CT molecular complexity index is 369. The van der Waals surface area contributed by atoms with Gasteiger partial charge >= 0.3 is 6.18 Å².